The smallest absolute Gasteiger partial charge is 0.336 e. The van der Waals surface area contributed by atoms with Gasteiger partial charge in [0.2, 0.25) is 5.91 Å². The summed E-state index contributed by atoms with van der Waals surface area (Å²) in [4.78, 5) is 67.2. The van der Waals surface area contributed by atoms with Gasteiger partial charge in [-0.05, 0) is 55.8 Å². The molecule has 4 aromatic rings. The second-order valence-electron chi connectivity index (χ2n) is 12.6. The van der Waals surface area contributed by atoms with Gasteiger partial charge < -0.3 is 19.9 Å². The zero-order chi connectivity index (χ0) is 38.0. The van der Waals surface area contributed by atoms with Crippen LogP contribution < -0.4 is 26.6 Å². The lowest BCUT2D eigenvalue weighted by Gasteiger charge is -2.18. The maximum absolute atomic E-state index is 15.2. The highest BCUT2D eigenvalue weighted by Crippen LogP contribution is 2.25. The summed E-state index contributed by atoms with van der Waals surface area (Å²) in [5, 5.41) is 4.92. The molecule has 0 fully saturated rings. The Morgan fingerprint density at radius 2 is 1.63 bits per heavy atom. The number of rotatable bonds is 10. The summed E-state index contributed by atoms with van der Waals surface area (Å²) in [5.41, 5.74) is -1.98. The number of methoxy groups -OCH3 is 1. The van der Waals surface area contributed by atoms with Crippen LogP contribution in [0.1, 0.15) is 48.0 Å². The molecule has 0 saturated heterocycles. The van der Waals surface area contributed by atoms with Gasteiger partial charge in [0.05, 0.1) is 23.3 Å². The van der Waals surface area contributed by atoms with Gasteiger partial charge in [-0.2, -0.15) is 0 Å². The molecule has 2 aromatic carbocycles. The fraction of sp³-hybridized carbons (Fsp3) is 0.294. The monoisotopic (exact) mass is 726 g/mol. The number of esters is 1. The molecule has 0 aliphatic rings. The normalized spacial score (nSPS) is 12.2. The quantitative estimate of drug-likeness (QED) is 0.207. The maximum Gasteiger partial charge on any atom is 0.336 e. The van der Waals surface area contributed by atoms with Gasteiger partial charge >= 0.3 is 11.7 Å². The third kappa shape index (κ3) is 8.37. The molecule has 0 aliphatic heterocycles. The highest BCUT2D eigenvalue weighted by Gasteiger charge is 2.27. The van der Waals surface area contributed by atoms with E-state index >= 15 is 8.78 Å². The molecule has 0 unspecified atom stereocenters. The molecule has 51 heavy (non-hydrogen) atoms. The Kier molecular flexibility index (Phi) is 10.9. The van der Waals surface area contributed by atoms with Gasteiger partial charge in [0.25, 0.3) is 21.5 Å². The first-order valence-electron chi connectivity index (χ1n) is 15.3. The van der Waals surface area contributed by atoms with Crippen molar-refractivity contribution in [2.24, 2.45) is 12.5 Å². The average Bonchev–Trinajstić information content (AvgIpc) is 3.07. The molecule has 2 amide bonds. The van der Waals surface area contributed by atoms with Crippen LogP contribution >= 0.6 is 0 Å². The van der Waals surface area contributed by atoms with Crippen LogP contribution in [0.15, 0.2) is 69.2 Å². The fourth-order valence-corrected chi connectivity index (χ4v) is 5.73. The number of anilines is 2. The summed E-state index contributed by atoms with van der Waals surface area (Å²) in [6, 6.07) is 7.37. The number of hydrogen-bond donors (Lipinski definition) is 3. The number of aromatic nitrogens is 3. The van der Waals surface area contributed by atoms with Crippen molar-refractivity contribution in [2.75, 3.05) is 17.1 Å². The molecule has 0 radical (unpaired) electrons. The number of carbonyl (C=O) groups is 3. The Morgan fingerprint density at radius 1 is 0.980 bits per heavy atom. The van der Waals surface area contributed by atoms with E-state index in [1.807, 2.05) is 4.72 Å². The number of sulfonamides is 1. The van der Waals surface area contributed by atoms with Gasteiger partial charge in [-0.1, -0.05) is 26.8 Å². The van der Waals surface area contributed by atoms with Crippen LogP contribution in [0.3, 0.4) is 0 Å². The Labute approximate surface area is 291 Å². The van der Waals surface area contributed by atoms with E-state index in [0.717, 1.165) is 23.8 Å². The van der Waals surface area contributed by atoms with E-state index in [0.29, 0.717) is 34.6 Å². The number of amides is 2. The second-order valence-corrected chi connectivity index (χ2v) is 14.3. The Morgan fingerprint density at radius 3 is 2.20 bits per heavy atom. The highest BCUT2D eigenvalue weighted by molar-refractivity contribution is 7.92. The van der Waals surface area contributed by atoms with Crippen LogP contribution in [0.5, 0.6) is 0 Å². The van der Waals surface area contributed by atoms with E-state index in [9.17, 15) is 32.4 Å². The van der Waals surface area contributed by atoms with Crippen molar-refractivity contribution in [3.05, 3.63) is 110 Å². The molecule has 270 valence electrons. The molecule has 2 heterocycles. The second kappa shape index (κ2) is 14.6. The van der Waals surface area contributed by atoms with Crippen molar-refractivity contribution in [3.8, 4) is 5.82 Å². The van der Waals surface area contributed by atoms with E-state index in [4.69, 9.17) is 4.74 Å². The third-order valence-corrected chi connectivity index (χ3v) is 9.35. The van der Waals surface area contributed by atoms with Gasteiger partial charge in [0.15, 0.2) is 0 Å². The van der Waals surface area contributed by atoms with Crippen molar-refractivity contribution in [2.45, 2.75) is 52.0 Å². The zero-order valence-corrected chi connectivity index (χ0v) is 29.6. The van der Waals surface area contributed by atoms with Crippen LogP contribution in [0.4, 0.5) is 20.2 Å². The lowest BCUT2D eigenvalue weighted by atomic mass is 9.95. The molecule has 17 heteroatoms. The third-order valence-electron chi connectivity index (χ3n) is 7.97. The predicted molar refractivity (Wildman–Crippen MR) is 183 cm³/mol. The lowest BCUT2D eigenvalue weighted by Crippen LogP contribution is -2.43. The minimum Gasteiger partial charge on any atom is -0.467 e. The van der Waals surface area contributed by atoms with Crippen LogP contribution in [-0.2, 0) is 37.8 Å². The average molecular weight is 727 g/mol. The zero-order valence-electron chi connectivity index (χ0n) is 28.8. The molecule has 0 bridgehead atoms. The summed E-state index contributed by atoms with van der Waals surface area (Å²) in [6.07, 6.45) is 1.04. The Hall–Kier alpha value is -5.71. The minimum atomic E-state index is -4.43. The molecule has 0 saturated carbocycles. The van der Waals surface area contributed by atoms with Crippen molar-refractivity contribution < 1.29 is 36.3 Å². The first kappa shape index (κ1) is 38.1. The topological polar surface area (TPSA) is 188 Å². The molecule has 1 atom stereocenters. The lowest BCUT2D eigenvalue weighted by molar-refractivity contribution is -0.142. The van der Waals surface area contributed by atoms with Crippen molar-refractivity contribution >= 4 is 39.2 Å². The number of benzene rings is 2. The number of halogens is 2. The van der Waals surface area contributed by atoms with Crippen molar-refractivity contribution in [1.29, 1.82) is 0 Å². The molecule has 14 nitrogen and oxygen atoms in total. The van der Waals surface area contributed by atoms with E-state index in [1.165, 1.54) is 42.1 Å². The number of nitrogens with one attached hydrogen (secondary N) is 3. The molecule has 4 rings (SSSR count). The Balaban J connectivity index is 1.51. The predicted octanol–water partition coefficient (Wildman–Crippen LogP) is 3.13. The van der Waals surface area contributed by atoms with Crippen LogP contribution in [-0.4, -0.2) is 53.5 Å². The van der Waals surface area contributed by atoms with Crippen LogP contribution in [0.2, 0.25) is 0 Å². The minimum absolute atomic E-state index is 0.0148. The first-order valence-corrected chi connectivity index (χ1v) is 16.8. The van der Waals surface area contributed by atoms with Gasteiger partial charge in [0.1, 0.15) is 23.5 Å². The summed E-state index contributed by atoms with van der Waals surface area (Å²) in [7, 11) is -1.87. The summed E-state index contributed by atoms with van der Waals surface area (Å²) >= 11 is 0. The van der Waals surface area contributed by atoms with Gasteiger partial charge in [0, 0.05) is 48.1 Å². The molecular weight excluding hydrogens is 690 g/mol. The standard InChI is InChI=1S/C34H36F2N6O8S/c1-18-19(2)41(6)33(47)42(30(18)44)28-13-8-20(17-37-28)14-27(31(45)50-7)39-29(43)23-15-25(36)26(16-24(23)35)40-51(48,49)22-11-9-21(10-12-22)38-32(46)34(3,4)5/h8-13,15-17,27,40H,14H2,1-7H3,(H,38,46)(H,39,43)/t27-/m0/s1. The SMILES string of the molecule is COC(=O)[C@H](Cc1ccc(-n2c(=O)c(C)c(C)n(C)c2=O)nc1)NC(=O)c1cc(F)c(NS(=O)(=O)c2ccc(NC(=O)C(C)(C)C)cc2)cc1F. The molecule has 0 spiro atoms. The van der Waals surface area contributed by atoms with E-state index in [-0.39, 0.29) is 23.0 Å². The molecule has 3 N–H and O–H groups in total. The van der Waals surface area contributed by atoms with Crippen LogP contribution in [0, 0.1) is 30.9 Å². The number of hydrogen-bond acceptors (Lipinski definition) is 9. The van der Waals surface area contributed by atoms with E-state index in [1.54, 1.807) is 34.6 Å². The van der Waals surface area contributed by atoms with Gasteiger partial charge in [-0.3, -0.25) is 19.1 Å². The summed E-state index contributed by atoms with van der Waals surface area (Å²) < 4.78 is 65.0. The van der Waals surface area contributed by atoms with Gasteiger partial charge in [-0.25, -0.2) is 36.3 Å². The molecule has 2 aromatic heterocycles. The number of pyridine rings is 1. The largest absolute Gasteiger partial charge is 0.467 e. The van der Waals surface area contributed by atoms with E-state index in [2.05, 4.69) is 15.6 Å². The first-order chi connectivity index (χ1) is 23.7. The maximum atomic E-state index is 15.2. The number of ether oxygens (including phenoxy) is 1. The van der Waals surface area contributed by atoms with Crippen LogP contribution in [0.25, 0.3) is 5.82 Å². The number of carbonyl (C=O) groups excluding carboxylic acids is 3. The summed E-state index contributed by atoms with van der Waals surface area (Å²) in [6.45, 7) is 8.32. The molecular formula is C34H36F2N6O8S. The fourth-order valence-electron chi connectivity index (χ4n) is 4.67. The Bertz CT molecular complexity index is 2210. The number of nitrogens with zero attached hydrogens (tertiary/aromatic N) is 3. The highest BCUT2D eigenvalue weighted by atomic mass is 32.2. The summed E-state index contributed by atoms with van der Waals surface area (Å²) in [5.74, 6) is -5.02. The van der Waals surface area contributed by atoms with E-state index < -0.39 is 67.5 Å². The van der Waals surface area contributed by atoms with Gasteiger partial charge in [-0.15, -0.1) is 0 Å². The molecule has 0 aliphatic carbocycles. The van der Waals surface area contributed by atoms with Crippen molar-refractivity contribution in [3.63, 3.8) is 0 Å². The van der Waals surface area contributed by atoms with Crippen molar-refractivity contribution in [1.82, 2.24) is 19.4 Å².